The minimum absolute atomic E-state index is 0. The van der Waals surface area contributed by atoms with Crippen molar-refractivity contribution in [2.75, 3.05) is 0 Å². The average molecular weight is 675 g/mol. The zero-order valence-electron chi connectivity index (χ0n) is 29.2. The van der Waals surface area contributed by atoms with Gasteiger partial charge in [0.25, 0.3) is 0 Å². The molecule has 5 rings (SSSR count). The van der Waals surface area contributed by atoms with Crippen LogP contribution in [0.3, 0.4) is 0 Å². The fourth-order valence-corrected chi connectivity index (χ4v) is 8.84. The van der Waals surface area contributed by atoms with Crippen LogP contribution in [-0.2, 0) is 43.5 Å². The van der Waals surface area contributed by atoms with Crippen LogP contribution in [0.5, 0.6) is 0 Å². The molecule has 0 spiro atoms. The Kier molecular flexibility index (Phi) is 10.2. The van der Waals surface area contributed by atoms with Gasteiger partial charge in [0.15, 0.2) is 0 Å². The molecule has 0 aromatic heterocycles. The molecule has 0 saturated carbocycles. The van der Waals surface area contributed by atoms with Gasteiger partial charge in [-0.25, -0.2) is 0 Å². The Bertz CT molecular complexity index is 1690. The van der Waals surface area contributed by atoms with E-state index in [2.05, 4.69) is 150 Å². The van der Waals surface area contributed by atoms with E-state index in [0.29, 0.717) is 21.4 Å². The number of hydrogen-bond acceptors (Lipinski definition) is 0. The van der Waals surface area contributed by atoms with Crippen molar-refractivity contribution in [1.82, 2.24) is 0 Å². The Hall–Kier alpha value is -2.15. The van der Waals surface area contributed by atoms with Gasteiger partial charge in [-0.3, -0.25) is 0 Å². The zero-order chi connectivity index (χ0) is 31.4. The van der Waals surface area contributed by atoms with Gasteiger partial charge >= 0.3 is 0 Å². The molecule has 0 saturated heterocycles. The number of fused-ring (bicyclic) bond motifs is 1. The van der Waals surface area contributed by atoms with Crippen LogP contribution < -0.4 is 10.4 Å². The Labute approximate surface area is 289 Å². The second kappa shape index (κ2) is 12.9. The van der Waals surface area contributed by atoms with Crippen molar-refractivity contribution in [2.45, 2.75) is 106 Å². The van der Waals surface area contributed by atoms with Crippen molar-refractivity contribution in [1.29, 1.82) is 0 Å². The Balaban J connectivity index is 0.00000442. The number of allylic oxidation sites excluding steroid dienone is 4. The van der Waals surface area contributed by atoms with E-state index in [4.69, 9.17) is 0 Å². The van der Waals surface area contributed by atoms with E-state index < -0.39 is 0 Å². The van der Waals surface area contributed by atoms with Gasteiger partial charge in [0.1, 0.15) is 9.52 Å². The standard InChI is InChI=1S/C42H51Si.Zr/c1-25(2)38-39(41(7,8)9)36(33-22-31-15-13-14-16-32(31)23-33)24-37(40(38)42(10,11)12)43-34-19-17-30(18-20-34)21-35-28(5)26(3)27(4)29(35)6;/h13-20,22-25,28H,21H2,1-12H3;/q-1;. The first kappa shape index (κ1) is 34.7. The fraction of sp³-hybridized carbons (Fsp3) is 0.405. The van der Waals surface area contributed by atoms with Crippen molar-refractivity contribution in [3.8, 4) is 11.1 Å². The second-order valence-electron chi connectivity index (χ2n) is 15.3. The molecule has 0 nitrogen and oxygen atoms in total. The van der Waals surface area contributed by atoms with E-state index >= 15 is 0 Å². The molecule has 0 bridgehead atoms. The quantitative estimate of drug-likeness (QED) is 0.141. The minimum Gasteiger partial charge on any atom is -0.145 e. The topological polar surface area (TPSA) is 0 Å². The summed E-state index contributed by atoms with van der Waals surface area (Å²) in [6.07, 6.45) is 1.05. The van der Waals surface area contributed by atoms with Crippen LogP contribution in [0.25, 0.3) is 21.9 Å². The number of hydrogen-bond donors (Lipinski definition) is 0. The molecule has 0 heterocycles. The summed E-state index contributed by atoms with van der Waals surface area (Å²) in [5, 5.41) is 5.56. The minimum atomic E-state index is 0. The van der Waals surface area contributed by atoms with Crippen LogP contribution in [0.2, 0.25) is 0 Å². The first-order valence-electron chi connectivity index (χ1n) is 16.2. The van der Waals surface area contributed by atoms with E-state index in [1.54, 1.807) is 16.7 Å². The van der Waals surface area contributed by atoms with Gasteiger partial charge in [0.2, 0.25) is 0 Å². The maximum atomic E-state index is 2.57. The van der Waals surface area contributed by atoms with Crippen LogP contribution in [0.15, 0.2) is 89.0 Å². The second-order valence-corrected chi connectivity index (χ2v) is 16.7. The third-order valence-electron chi connectivity index (χ3n) is 9.81. The number of benzene rings is 3. The summed E-state index contributed by atoms with van der Waals surface area (Å²) >= 11 is 0. The van der Waals surface area contributed by atoms with Crippen LogP contribution in [-0.4, -0.2) is 9.52 Å². The predicted octanol–water partition coefficient (Wildman–Crippen LogP) is 10.4. The van der Waals surface area contributed by atoms with E-state index in [0.717, 1.165) is 6.42 Å². The van der Waals surface area contributed by atoms with E-state index in [9.17, 15) is 0 Å². The molecule has 2 heteroatoms. The molecule has 0 aliphatic heterocycles. The van der Waals surface area contributed by atoms with E-state index in [1.165, 1.54) is 60.1 Å². The Morgan fingerprint density at radius 3 is 1.93 bits per heavy atom. The van der Waals surface area contributed by atoms with Crippen LogP contribution in [0.1, 0.15) is 111 Å². The van der Waals surface area contributed by atoms with Crippen molar-refractivity contribution >= 4 is 30.7 Å². The molecule has 0 N–H and O–H groups in total. The summed E-state index contributed by atoms with van der Waals surface area (Å²) in [7, 11) is 0.615. The van der Waals surface area contributed by atoms with E-state index in [-0.39, 0.29) is 37.0 Å². The number of rotatable bonds is 6. The van der Waals surface area contributed by atoms with Gasteiger partial charge in [0.05, 0.1) is 0 Å². The molecule has 228 valence electrons. The maximum Gasteiger partial charge on any atom is 0.121 e. The van der Waals surface area contributed by atoms with Gasteiger partial charge in [-0.2, -0.15) is 0 Å². The molecule has 44 heavy (non-hydrogen) atoms. The third-order valence-corrected chi connectivity index (χ3v) is 11.1. The molecule has 1 atom stereocenters. The Morgan fingerprint density at radius 2 is 1.41 bits per heavy atom. The van der Waals surface area contributed by atoms with Gasteiger partial charge < -0.3 is 0 Å². The fourth-order valence-electron chi connectivity index (χ4n) is 7.34. The summed E-state index contributed by atoms with van der Waals surface area (Å²) in [4.78, 5) is 0. The van der Waals surface area contributed by atoms with Gasteiger partial charge in [-0.15, -0.1) is 34.5 Å². The van der Waals surface area contributed by atoms with Crippen molar-refractivity contribution in [3.05, 3.63) is 111 Å². The van der Waals surface area contributed by atoms with Crippen LogP contribution in [0.4, 0.5) is 0 Å². The molecule has 4 aromatic carbocycles. The normalized spacial score (nSPS) is 16.0. The Morgan fingerprint density at radius 1 is 0.795 bits per heavy atom. The molecular weight excluding hydrogens is 624 g/mol. The first-order valence-corrected chi connectivity index (χ1v) is 17.2. The average Bonchev–Trinajstić information content (AvgIpc) is 3.44. The van der Waals surface area contributed by atoms with Crippen LogP contribution >= 0.6 is 0 Å². The molecule has 1 unspecified atom stereocenters. The molecule has 2 radical (unpaired) electrons. The summed E-state index contributed by atoms with van der Waals surface area (Å²) in [6.45, 7) is 28.5. The summed E-state index contributed by atoms with van der Waals surface area (Å²) in [5.41, 5.74) is 15.0. The van der Waals surface area contributed by atoms with E-state index in [1.807, 2.05) is 0 Å². The summed E-state index contributed by atoms with van der Waals surface area (Å²) in [5.74, 6) is 0.988. The van der Waals surface area contributed by atoms with Crippen molar-refractivity contribution in [2.24, 2.45) is 5.92 Å². The first-order chi connectivity index (χ1) is 20.1. The summed E-state index contributed by atoms with van der Waals surface area (Å²) in [6, 6.07) is 25.7. The SMILES string of the molecule is CC1=C(C)C(C)C(Cc2ccc([Si]c3cc(-c4cc5ccccc5[cH-]4)c(C(C)(C)C)c(C(C)C)c3C(C)(C)C)cc2)=C1C.[Zr]. The molecule has 0 fully saturated rings. The predicted molar refractivity (Wildman–Crippen MR) is 192 cm³/mol. The van der Waals surface area contributed by atoms with Crippen molar-refractivity contribution < 1.29 is 26.2 Å². The van der Waals surface area contributed by atoms with Crippen LogP contribution in [0, 0.1) is 5.92 Å². The van der Waals surface area contributed by atoms with Gasteiger partial charge in [-0.1, -0.05) is 143 Å². The molecule has 1 aliphatic carbocycles. The monoisotopic (exact) mass is 673 g/mol. The largest absolute Gasteiger partial charge is 0.145 e. The maximum absolute atomic E-state index is 2.57. The van der Waals surface area contributed by atoms with Crippen molar-refractivity contribution in [3.63, 3.8) is 0 Å². The third kappa shape index (κ3) is 6.69. The zero-order valence-corrected chi connectivity index (χ0v) is 32.7. The van der Waals surface area contributed by atoms with Gasteiger partial charge in [0, 0.05) is 26.2 Å². The molecule has 0 amide bonds. The van der Waals surface area contributed by atoms with Gasteiger partial charge in [-0.05, 0) is 77.7 Å². The molecule has 4 aromatic rings. The summed E-state index contributed by atoms with van der Waals surface area (Å²) < 4.78 is 0. The molecular formula is C42H51SiZr-. The molecule has 1 aliphatic rings. The smallest absolute Gasteiger partial charge is 0.121 e.